The number of methoxy groups -OCH3 is 1. The SMILES string of the molecule is CN=C(NCCNC(=O)OC(C)(C)C)NCC1CCN(c2cccc(OC)c2)C1.I. The Kier molecular flexibility index (Phi) is 11.1. The first-order valence-corrected chi connectivity index (χ1v) is 10.1. The smallest absolute Gasteiger partial charge is 0.407 e. The molecule has 1 atom stereocenters. The van der Waals surface area contributed by atoms with E-state index in [-0.39, 0.29) is 24.0 Å². The molecule has 2 rings (SSSR count). The molecule has 0 bridgehead atoms. The standard InChI is InChI=1S/C21H35N5O3.HI/c1-21(2,3)29-20(27)24-11-10-23-19(22-4)25-14-16-9-12-26(15-16)17-7-6-8-18(13-17)28-5;/h6-8,13,16H,9-12,14-15H2,1-5H3,(H,24,27)(H2,22,23,25);1H. The number of nitrogens with one attached hydrogen (secondary N) is 3. The number of carbonyl (C=O) groups is 1. The monoisotopic (exact) mass is 533 g/mol. The number of hydrogen-bond acceptors (Lipinski definition) is 5. The van der Waals surface area contributed by atoms with Crippen LogP contribution < -0.4 is 25.6 Å². The first-order chi connectivity index (χ1) is 13.8. The average molecular weight is 533 g/mol. The van der Waals surface area contributed by atoms with E-state index in [0.717, 1.165) is 37.8 Å². The number of nitrogens with zero attached hydrogens (tertiary/aromatic N) is 2. The van der Waals surface area contributed by atoms with Crippen molar-refractivity contribution in [3.8, 4) is 5.75 Å². The summed E-state index contributed by atoms with van der Waals surface area (Å²) in [6, 6.07) is 8.19. The molecule has 3 N–H and O–H groups in total. The molecule has 1 aromatic carbocycles. The molecule has 1 amide bonds. The van der Waals surface area contributed by atoms with Gasteiger partial charge >= 0.3 is 6.09 Å². The van der Waals surface area contributed by atoms with Gasteiger partial charge in [-0.05, 0) is 45.2 Å². The zero-order valence-electron chi connectivity index (χ0n) is 18.7. The summed E-state index contributed by atoms with van der Waals surface area (Å²) in [5.74, 6) is 2.16. The third kappa shape index (κ3) is 9.27. The van der Waals surface area contributed by atoms with Gasteiger partial charge < -0.3 is 30.3 Å². The van der Waals surface area contributed by atoms with Crippen molar-refractivity contribution >= 4 is 41.7 Å². The number of rotatable bonds is 7. The maximum atomic E-state index is 11.6. The molecule has 8 nitrogen and oxygen atoms in total. The number of hydrogen-bond donors (Lipinski definition) is 3. The van der Waals surface area contributed by atoms with Crippen LogP contribution in [-0.4, -0.2) is 64.5 Å². The lowest BCUT2D eigenvalue weighted by Gasteiger charge is -2.20. The number of amides is 1. The van der Waals surface area contributed by atoms with Gasteiger partial charge in [-0.3, -0.25) is 4.99 Å². The molecule has 0 radical (unpaired) electrons. The molecule has 1 heterocycles. The lowest BCUT2D eigenvalue weighted by Crippen LogP contribution is -2.44. The van der Waals surface area contributed by atoms with Gasteiger partial charge in [0.1, 0.15) is 11.4 Å². The number of halogens is 1. The quantitative estimate of drug-likeness (QED) is 0.216. The molecule has 1 aliphatic rings. The highest BCUT2D eigenvalue weighted by molar-refractivity contribution is 14.0. The topological polar surface area (TPSA) is 87.2 Å². The van der Waals surface area contributed by atoms with Crippen molar-refractivity contribution in [2.24, 2.45) is 10.9 Å². The maximum absolute atomic E-state index is 11.6. The second kappa shape index (κ2) is 12.7. The number of carbonyl (C=O) groups excluding carboxylic acids is 1. The molecule has 1 unspecified atom stereocenters. The van der Waals surface area contributed by atoms with Gasteiger partial charge in [0.05, 0.1) is 7.11 Å². The van der Waals surface area contributed by atoms with Gasteiger partial charge in [-0.15, -0.1) is 24.0 Å². The zero-order chi connectivity index (χ0) is 21.3. The van der Waals surface area contributed by atoms with Crippen LogP contribution >= 0.6 is 24.0 Å². The van der Waals surface area contributed by atoms with E-state index in [2.05, 4.69) is 38.0 Å². The first-order valence-electron chi connectivity index (χ1n) is 10.1. The van der Waals surface area contributed by atoms with Gasteiger partial charge in [0, 0.05) is 51.5 Å². The Bertz CT molecular complexity index is 693. The predicted octanol–water partition coefficient (Wildman–Crippen LogP) is 2.83. The summed E-state index contributed by atoms with van der Waals surface area (Å²) < 4.78 is 10.5. The maximum Gasteiger partial charge on any atom is 0.407 e. The molecule has 0 saturated carbocycles. The molecule has 170 valence electrons. The largest absolute Gasteiger partial charge is 0.497 e. The van der Waals surface area contributed by atoms with E-state index in [4.69, 9.17) is 9.47 Å². The summed E-state index contributed by atoms with van der Waals surface area (Å²) in [5.41, 5.74) is 0.706. The molecule has 0 aliphatic carbocycles. The number of ether oxygens (including phenoxy) is 2. The van der Waals surface area contributed by atoms with Crippen molar-refractivity contribution in [3.63, 3.8) is 0 Å². The summed E-state index contributed by atoms with van der Waals surface area (Å²) in [4.78, 5) is 18.3. The zero-order valence-corrected chi connectivity index (χ0v) is 21.0. The van der Waals surface area contributed by atoms with Crippen LogP contribution in [0, 0.1) is 5.92 Å². The van der Waals surface area contributed by atoms with Crippen LogP contribution in [0.25, 0.3) is 0 Å². The summed E-state index contributed by atoms with van der Waals surface area (Å²) >= 11 is 0. The van der Waals surface area contributed by atoms with Crippen molar-refractivity contribution < 1.29 is 14.3 Å². The minimum absolute atomic E-state index is 0. The Hall–Kier alpha value is -1.91. The molecule has 9 heteroatoms. The number of guanidine groups is 1. The fourth-order valence-electron chi connectivity index (χ4n) is 3.16. The highest BCUT2D eigenvalue weighted by atomic mass is 127. The minimum Gasteiger partial charge on any atom is -0.497 e. The fourth-order valence-corrected chi connectivity index (χ4v) is 3.16. The molecule has 0 spiro atoms. The molecular formula is C21H36IN5O3. The second-order valence-corrected chi connectivity index (χ2v) is 8.11. The fraction of sp³-hybridized carbons (Fsp3) is 0.619. The third-order valence-electron chi connectivity index (χ3n) is 4.57. The van der Waals surface area contributed by atoms with E-state index in [9.17, 15) is 4.79 Å². The molecule has 1 aromatic rings. The summed E-state index contributed by atoms with van der Waals surface area (Å²) in [5, 5.41) is 9.31. The Labute approximate surface area is 197 Å². The Morgan fingerprint density at radius 1 is 1.23 bits per heavy atom. The van der Waals surface area contributed by atoms with Crippen LogP contribution in [0.15, 0.2) is 29.3 Å². The third-order valence-corrected chi connectivity index (χ3v) is 4.57. The van der Waals surface area contributed by atoms with Crippen LogP contribution in [0.2, 0.25) is 0 Å². The Morgan fingerprint density at radius 2 is 1.97 bits per heavy atom. The van der Waals surface area contributed by atoms with Crippen LogP contribution in [0.1, 0.15) is 27.2 Å². The summed E-state index contributed by atoms with van der Waals surface area (Å²) in [6.07, 6.45) is 0.715. The van der Waals surface area contributed by atoms with E-state index < -0.39 is 11.7 Å². The molecule has 0 aromatic heterocycles. The highest BCUT2D eigenvalue weighted by Crippen LogP contribution is 2.26. The van der Waals surface area contributed by atoms with E-state index in [0.29, 0.717) is 19.0 Å². The summed E-state index contributed by atoms with van der Waals surface area (Å²) in [6.45, 7) is 9.43. The molecule has 1 fully saturated rings. The molecule has 30 heavy (non-hydrogen) atoms. The van der Waals surface area contributed by atoms with E-state index in [1.807, 2.05) is 32.9 Å². The minimum atomic E-state index is -0.491. The van der Waals surface area contributed by atoms with Crippen molar-refractivity contribution in [1.29, 1.82) is 0 Å². The molecule has 1 saturated heterocycles. The van der Waals surface area contributed by atoms with Crippen LogP contribution in [0.4, 0.5) is 10.5 Å². The van der Waals surface area contributed by atoms with Gasteiger partial charge in [-0.2, -0.15) is 0 Å². The second-order valence-electron chi connectivity index (χ2n) is 8.11. The lowest BCUT2D eigenvalue weighted by molar-refractivity contribution is 0.0529. The van der Waals surface area contributed by atoms with Crippen molar-refractivity contribution in [3.05, 3.63) is 24.3 Å². The normalized spacial score (nSPS) is 16.5. The van der Waals surface area contributed by atoms with Gasteiger partial charge in [-0.1, -0.05) is 6.07 Å². The van der Waals surface area contributed by atoms with Crippen LogP contribution in [0.5, 0.6) is 5.75 Å². The number of aliphatic imine (C=N–C) groups is 1. The number of alkyl carbamates (subject to hydrolysis) is 1. The average Bonchev–Trinajstić information content (AvgIpc) is 3.15. The predicted molar refractivity (Wildman–Crippen MR) is 132 cm³/mol. The Morgan fingerprint density at radius 3 is 2.63 bits per heavy atom. The van der Waals surface area contributed by atoms with Crippen LogP contribution in [0.3, 0.4) is 0 Å². The van der Waals surface area contributed by atoms with E-state index in [1.165, 1.54) is 5.69 Å². The molecule has 1 aliphatic heterocycles. The number of anilines is 1. The van der Waals surface area contributed by atoms with Gasteiger partial charge in [0.25, 0.3) is 0 Å². The first kappa shape index (κ1) is 26.1. The van der Waals surface area contributed by atoms with E-state index in [1.54, 1.807) is 14.2 Å². The van der Waals surface area contributed by atoms with Crippen LogP contribution in [-0.2, 0) is 4.74 Å². The van der Waals surface area contributed by atoms with E-state index >= 15 is 0 Å². The highest BCUT2D eigenvalue weighted by Gasteiger charge is 2.23. The Balaban J connectivity index is 0.00000450. The lowest BCUT2D eigenvalue weighted by atomic mass is 10.1. The van der Waals surface area contributed by atoms with Crippen molar-refractivity contribution in [2.45, 2.75) is 32.8 Å². The van der Waals surface area contributed by atoms with Crippen molar-refractivity contribution in [2.75, 3.05) is 51.8 Å². The van der Waals surface area contributed by atoms with Gasteiger partial charge in [0.2, 0.25) is 0 Å². The molecular weight excluding hydrogens is 497 g/mol. The van der Waals surface area contributed by atoms with Gasteiger partial charge in [-0.25, -0.2) is 4.79 Å². The number of benzene rings is 1. The van der Waals surface area contributed by atoms with Gasteiger partial charge in [0.15, 0.2) is 5.96 Å². The summed E-state index contributed by atoms with van der Waals surface area (Å²) in [7, 11) is 3.44. The van der Waals surface area contributed by atoms with Crippen molar-refractivity contribution in [1.82, 2.24) is 16.0 Å².